The van der Waals surface area contributed by atoms with Crippen LogP contribution in [0.4, 0.5) is 9.18 Å². The van der Waals surface area contributed by atoms with Gasteiger partial charge in [0.25, 0.3) is 11.1 Å². The van der Waals surface area contributed by atoms with E-state index in [1.165, 1.54) is 19.1 Å². The predicted octanol–water partition coefficient (Wildman–Crippen LogP) is 4.82. The number of nitrogens with zero attached hydrogens (tertiary/aromatic N) is 2. The predicted molar refractivity (Wildman–Crippen MR) is 121 cm³/mol. The molecule has 1 fully saturated rings. The first kappa shape index (κ1) is 21.8. The summed E-state index contributed by atoms with van der Waals surface area (Å²) in [6.07, 6.45) is 3.57. The van der Waals surface area contributed by atoms with E-state index in [9.17, 15) is 18.8 Å². The Balaban J connectivity index is 1.56. The number of rotatable bonds is 6. The minimum atomic E-state index is -0.979. The third-order valence-electron chi connectivity index (χ3n) is 5.17. The van der Waals surface area contributed by atoms with E-state index in [4.69, 9.17) is 4.74 Å². The Morgan fingerprint density at radius 2 is 2.00 bits per heavy atom. The molecule has 0 radical (unpaired) electrons. The Kier molecular flexibility index (Phi) is 6.14. The molecule has 2 amide bonds. The summed E-state index contributed by atoms with van der Waals surface area (Å²) in [6.45, 7) is 3.85. The third kappa shape index (κ3) is 4.31. The fourth-order valence-corrected chi connectivity index (χ4v) is 4.52. The van der Waals surface area contributed by atoms with E-state index in [1.807, 2.05) is 41.1 Å². The highest BCUT2D eigenvalue weighted by Gasteiger charge is 2.41. The Morgan fingerprint density at radius 3 is 2.75 bits per heavy atom. The molecule has 1 saturated heterocycles. The van der Waals surface area contributed by atoms with Crippen LogP contribution in [-0.2, 0) is 20.9 Å². The van der Waals surface area contributed by atoms with Gasteiger partial charge >= 0.3 is 5.97 Å². The number of amides is 2. The number of halogens is 1. The molecule has 6 nitrogen and oxygen atoms in total. The SMILES string of the molecule is CCOC(=O)[C@@H](C)N1C(=O)S/C(=C\c2ccc3c(ccn3Cc3cccc(F)c3)c2)C1=O. The molecule has 0 saturated carbocycles. The molecule has 1 aromatic heterocycles. The number of carbonyl (C=O) groups is 3. The van der Waals surface area contributed by atoms with Crippen molar-refractivity contribution in [2.45, 2.75) is 26.4 Å². The van der Waals surface area contributed by atoms with E-state index in [0.717, 1.165) is 38.7 Å². The summed E-state index contributed by atoms with van der Waals surface area (Å²) in [5.74, 6) is -1.39. The Bertz CT molecular complexity index is 1250. The molecule has 0 bridgehead atoms. The summed E-state index contributed by atoms with van der Waals surface area (Å²) in [4.78, 5) is 38.2. The number of ether oxygens (including phenoxy) is 1. The van der Waals surface area contributed by atoms with Crippen LogP contribution in [-0.4, -0.2) is 39.2 Å². The van der Waals surface area contributed by atoms with Gasteiger partial charge < -0.3 is 9.30 Å². The summed E-state index contributed by atoms with van der Waals surface area (Å²) in [5, 5.41) is 0.457. The molecule has 4 rings (SSSR count). The summed E-state index contributed by atoms with van der Waals surface area (Å²) >= 11 is 0.804. The van der Waals surface area contributed by atoms with Crippen molar-refractivity contribution in [2.24, 2.45) is 0 Å². The molecule has 2 aromatic carbocycles. The molecular weight excluding hydrogens is 431 g/mol. The number of imide groups is 1. The molecule has 32 heavy (non-hydrogen) atoms. The van der Waals surface area contributed by atoms with Crippen molar-refractivity contribution in [2.75, 3.05) is 6.61 Å². The average Bonchev–Trinajstić information content (AvgIpc) is 3.27. The first-order valence-electron chi connectivity index (χ1n) is 10.1. The lowest BCUT2D eigenvalue weighted by Crippen LogP contribution is -2.42. The monoisotopic (exact) mass is 452 g/mol. The quantitative estimate of drug-likeness (QED) is 0.396. The molecule has 1 aliphatic heterocycles. The van der Waals surface area contributed by atoms with Gasteiger partial charge in [-0.2, -0.15) is 0 Å². The lowest BCUT2D eigenvalue weighted by Gasteiger charge is -2.19. The van der Waals surface area contributed by atoms with Gasteiger partial charge in [-0.25, -0.2) is 9.18 Å². The molecule has 0 aliphatic carbocycles. The molecule has 0 N–H and O–H groups in total. The Hall–Kier alpha value is -3.39. The van der Waals surface area contributed by atoms with Crippen LogP contribution < -0.4 is 0 Å². The lowest BCUT2D eigenvalue weighted by atomic mass is 10.1. The van der Waals surface area contributed by atoms with Crippen LogP contribution in [0.1, 0.15) is 25.0 Å². The molecular formula is C24H21FN2O4S. The zero-order valence-corrected chi connectivity index (χ0v) is 18.4. The largest absolute Gasteiger partial charge is 0.464 e. The maximum absolute atomic E-state index is 13.5. The zero-order chi connectivity index (χ0) is 22.8. The first-order valence-corrected chi connectivity index (χ1v) is 11.0. The molecule has 1 aliphatic rings. The van der Waals surface area contributed by atoms with Gasteiger partial charge in [-0.05, 0) is 73.1 Å². The van der Waals surface area contributed by atoms with E-state index in [2.05, 4.69) is 0 Å². The van der Waals surface area contributed by atoms with Gasteiger partial charge in [-0.15, -0.1) is 0 Å². The fourth-order valence-electron chi connectivity index (χ4n) is 3.61. The van der Waals surface area contributed by atoms with Gasteiger partial charge in [0.2, 0.25) is 0 Å². The van der Waals surface area contributed by atoms with Crippen LogP contribution in [0, 0.1) is 5.82 Å². The number of fused-ring (bicyclic) bond motifs is 1. The summed E-state index contributed by atoms with van der Waals surface area (Å²) in [5.41, 5.74) is 2.58. The summed E-state index contributed by atoms with van der Waals surface area (Å²) in [7, 11) is 0. The topological polar surface area (TPSA) is 68.6 Å². The number of esters is 1. The maximum Gasteiger partial charge on any atom is 0.329 e. The molecule has 3 aromatic rings. The molecule has 8 heteroatoms. The van der Waals surface area contributed by atoms with Crippen molar-refractivity contribution < 1.29 is 23.5 Å². The normalized spacial score (nSPS) is 16.2. The van der Waals surface area contributed by atoms with Crippen LogP contribution in [0.3, 0.4) is 0 Å². The van der Waals surface area contributed by atoms with Gasteiger partial charge in [0.15, 0.2) is 0 Å². The van der Waals surface area contributed by atoms with Crippen LogP contribution in [0.15, 0.2) is 59.6 Å². The van der Waals surface area contributed by atoms with Gasteiger partial charge in [-0.1, -0.05) is 18.2 Å². The standard InChI is InChI=1S/C24H21FN2O4S/c1-3-31-23(29)15(2)27-22(28)21(32-24(27)30)13-16-7-8-20-18(11-16)9-10-26(20)14-17-5-4-6-19(25)12-17/h4-13,15H,3,14H2,1-2H3/b21-13-/t15-/m1/s1. The number of hydrogen-bond donors (Lipinski definition) is 0. The highest BCUT2D eigenvalue weighted by molar-refractivity contribution is 8.18. The zero-order valence-electron chi connectivity index (χ0n) is 17.6. The Labute approximate surface area is 188 Å². The molecule has 0 spiro atoms. The molecule has 1 atom stereocenters. The van der Waals surface area contributed by atoms with Crippen molar-refractivity contribution in [3.63, 3.8) is 0 Å². The second-order valence-electron chi connectivity index (χ2n) is 7.37. The third-order valence-corrected chi connectivity index (χ3v) is 6.06. The molecule has 164 valence electrons. The van der Waals surface area contributed by atoms with E-state index in [-0.39, 0.29) is 17.3 Å². The van der Waals surface area contributed by atoms with Crippen molar-refractivity contribution >= 4 is 45.9 Å². The van der Waals surface area contributed by atoms with Crippen LogP contribution in [0.25, 0.3) is 17.0 Å². The smallest absolute Gasteiger partial charge is 0.329 e. The highest BCUT2D eigenvalue weighted by Crippen LogP contribution is 2.34. The van der Waals surface area contributed by atoms with E-state index in [0.29, 0.717) is 6.54 Å². The minimum Gasteiger partial charge on any atom is -0.464 e. The Morgan fingerprint density at radius 1 is 1.19 bits per heavy atom. The summed E-state index contributed by atoms with van der Waals surface area (Å²) in [6, 6.07) is 13.1. The number of hydrogen-bond acceptors (Lipinski definition) is 5. The van der Waals surface area contributed by atoms with Gasteiger partial charge in [0.1, 0.15) is 11.9 Å². The van der Waals surface area contributed by atoms with Crippen LogP contribution in [0.5, 0.6) is 0 Å². The first-order chi connectivity index (χ1) is 15.4. The molecule has 2 heterocycles. The van der Waals surface area contributed by atoms with E-state index in [1.54, 1.807) is 19.1 Å². The van der Waals surface area contributed by atoms with Crippen molar-refractivity contribution in [3.8, 4) is 0 Å². The van der Waals surface area contributed by atoms with Gasteiger partial charge in [0.05, 0.1) is 11.5 Å². The minimum absolute atomic E-state index is 0.175. The van der Waals surface area contributed by atoms with Gasteiger partial charge in [0, 0.05) is 23.6 Å². The van der Waals surface area contributed by atoms with E-state index >= 15 is 0 Å². The number of thioether (sulfide) groups is 1. The lowest BCUT2D eigenvalue weighted by molar-refractivity contribution is -0.150. The second kappa shape index (κ2) is 9.00. The highest BCUT2D eigenvalue weighted by atomic mass is 32.2. The second-order valence-corrected chi connectivity index (χ2v) is 8.36. The van der Waals surface area contributed by atoms with Crippen molar-refractivity contribution in [1.29, 1.82) is 0 Å². The van der Waals surface area contributed by atoms with Gasteiger partial charge in [-0.3, -0.25) is 14.5 Å². The number of aromatic nitrogens is 1. The van der Waals surface area contributed by atoms with Crippen molar-refractivity contribution in [3.05, 3.63) is 76.6 Å². The van der Waals surface area contributed by atoms with Crippen molar-refractivity contribution in [1.82, 2.24) is 9.47 Å². The summed E-state index contributed by atoms with van der Waals surface area (Å²) < 4.78 is 20.4. The van der Waals surface area contributed by atoms with Crippen LogP contribution >= 0.6 is 11.8 Å². The number of carbonyl (C=O) groups excluding carboxylic acids is 3. The molecule has 0 unspecified atom stereocenters. The average molecular weight is 453 g/mol. The van der Waals surface area contributed by atoms with Crippen LogP contribution in [0.2, 0.25) is 0 Å². The van der Waals surface area contributed by atoms with E-state index < -0.39 is 23.2 Å². The number of benzene rings is 2. The maximum atomic E-state index is 13.5. The fraction of sp³-hybridized carbons (Fsp3) is 0.208.